The first-order valence-electron chi connectivity index (χ1n) is 5.34. The highest BCUT2D eigenvalue weighted by molar-refractivity contribution is 7.15. The van der Waals surface area contributed by atoms with Gasteiger partial charge in [0.1, 0.15) is 5.01 Å². The molecule has 7 heteroatoms. The third-order valence-electron chi connectivity index (χ3n) is 2.44. The van der Waals surface area contributed by atoms with Crippen LogP contribution in [-0.4, -0.2) is 40.4 Å². The predicted molar refractivity (Wildman–Crippen MR) is 63.0 cm³/mol. The van der Waals surface area contributed by atoms with E-state index in [0.29, 0.717) is 5.13 Å². The van der Waals surface area contributed by atoms with Gasteiger partial charge in [-0.05, 0) is 13.8 Å². The Labute approximate surface area is 98.8 Å². The third kappa shape index (κ3) is 2.88. The first kappa shape index (κ1) is 11.7. The standard InChI is InChI=1S/C9H17N5OS/c1-6-3-14(4-7(2)15-6)5-8-12-13-9(11-10)16-8/h6-7H,3-5,10H2,1-2H3,(H,11,13). The number of aromatic nitrogens is 2. The number of nitrogens with zero attached hydrogens (tertiary/aromatic N) is 3. The quantitative estimate of drug-likeness (QED) is 0.592. The number of anilines is 1. The van der Waals surface area contributed by atoms with Crippen molar-refractivity contribution in [3.63, 3.8) is 0 Å². The van der Waals surface area contributed by atoms with Crippen LogP contribution in [0, 0.1) is 0 Å². The van der Waals surface area contributed by atoms with Gasteiger partial charge in [-0.1, -0.05) is 11.3 Å². The summed E-state index contributed by atoms with van der Waals surface area (Å²) in [4.78, 5) is 2.33. The van der Waals surface area contributed by atoms with Crippen LogP contribution in [0.15, 0.2) is 0 Å². The normalized spacial score (nSPS) is 26.9. The summed E-state index contributed by atoms with van der Waals surface area (Å²) in [6.07, 6.45) is 0.563. The molecule has 1 saturated heterocycles. The van der Waals surface area contributed by atoms with Crippen LogP contribution in [0.1, 0.15) is 18.9 Å². The summed E-state index contributed by atoms with van der Waals surface area (Å²) in [6, 6.07) is 0. The van der Waals surface area contributed by atoms with Gasteiger partial charge in [0.25, 0.3) is 0 Å². The van der Waals surface area contributed by atoms with Crippen molar-refractivity contribution in [2.24, 2.45) is 5.84 Å². The molecule has 1 aromatic rings. The minimum atomic E-state index is 0.281. The molecular formula is C9H17N5OS. The van der Waals surface area contributed by atoms with E-state index in [1.54, 1.807) is 0 Å². The summed E-state index contributed by atoms with van der Waals surface area (Å²) in [5.74, 6) is 5.26. The number of nitrogens with one attached hydrogen (secondary N) is 1. The Morgan fingerprint density at radius 1 is 1.44 bits per heavy atom. The third-order valence-corrected chi connectivity index (χ3v) is 3.28. The number of rotatable bonds is 3. The lowest BCUT2D eigenvalue weighted by molar-refractivity contribution is -0.0705. The summed E-state index contributed by atoms with van der Waals surface area (Å²) in [5.41, 5.74) is 2.50. The van der Waals surface area contributed by atoms with E-state index < -0.39 is 0 Å². The van der Waals surface area contributed by atoms with Crippen LogP contribution in [0.25, 0.3) is 0 Å². The molecule has 0 radical (unpaired) electrons. The van der Waals surface area contributed by atoms with E-state index in [-0.39, 0.29) is 12.2 Å². The maximum atomic E-state index is 5.67. The van der Waals surface area contributed by atoms with E-state index in [1.165, 1.54) is 11.3 Å². The van der Waals surface area contributed by atoms with Gasteiger partial charge in [0.2, 0.25) is 5.13 Å². The Bertz CT molecular complexity index is 334. The molecule has 1 aliphatic heterocycles. The van der Waals surface area contributed by atoms with Crippen molar-refractivity contribution in [1.82, 2.24) is 15.1 Å². The van der Waals surface area contributed by atoms with Crippen LogP contribution in [-0.2, 0) is 11.3 Å². The number of hydrogen-bond donors (Lipinski definition) is 2. The van der Waals surface area contributed by atoms with Crippen LogP contribution in [0.5, 0.6) is 0 Å². The SMILES string of the molecule is CC1CN(Cc2nnc(NN)s2)CC(C)O1. The molecule has 2 unspecified atom stereocenters. The Kier molecular flexibility index (Phi) is 3.70. The fraction of sp³-hybridized carbons (Fsp3) is 0.778. The minimum absolute atomic E-state index is 0.281. The Morgan fingerprint density at radius 2 is 2.12 bits per heavy atom. The molecule has 0 amide bonds. The molecule has 0 aliphatic carbocycles. The van der Waals surface area contributed by atoms with Gasteiger partial charge in [-0.2, -0.15) is 0 Å². The van der Waals surface area contributed by atoms with Crippen LogP contribution in [0.3, 0.4) is 0 Å². The van der Waals surface area contributed by atoms with E-state index in [0.717, 1.165) is 24.6 Å². The predicted octanol–water partition coefficient (Wildman–Crippen LogP) is 0.433. The minimum Gasteiger partial charge on any atom is -0.373 e. The number of nitrogen functional groups attached to an aromatic ring is 1. The highest BCUT2D eigenvalue weighted by Gasteiger charge is 2.22. The fourth-order valence-electron chi connectivity index (χ4n) is 1.98. The average molecular weight is 243 g/mol. The van der Waals surface area contributed by atoms with Gasteiger partial charge in [0, 0.05) is 13.1 Å². The van der Waals surface area contributed by atoms with Crippen molar-refractivity contribution in [1.29, 1.82) is 0 Å². The number of nitrogens with two attached hydrogens (primary N) is 1. The Hall–Kier alpha value is -0.760. The summed E-state index contributed by atoms with van der Waals surface area (Å²) in [6.45, 7) is 6.88. The van der Waals surface area contributed by atoms with Crippen molar-refractivity contribution in [3.05, 3.63) is 5.01 Å². The fourth-order valence-corrected chi connectivity index (χ4v) is 2.67. The van der Waals surface area contributed by atoms with Gasteiger partial charge >= 0.3 is 0 Å². The Morgan fingerprint density at radius 3 is 2.69 bits per heavy atom. The van der Waals surface area contributed by atoms with E-state index in [2.05, 4.69) is 34.4 Å². The van der Waals surface area contributed by atoms with Crippen molar-refractivity contribution < 1.29 is 4.74 Å². The van der Waals surface area contributed by atoms with Crippen LogP contribution >= 0.6 is 11.3 Å². The van der Waals surface area contributed by atoms with Crippen molar-refractivity contribution in [2.75, 3.05) is 18.5 Å². The molecule has 0 saturated carbocycles. The summed E-state index contributed by atoms with van der Waals surface area (Å²) >= 11 is 1.49. The molecule has 1 aliphatic rings. The maximum absolute atomic E-state index is 5.67. The average Bonchev–Trinajstić information content (AvgIpc) is 2.64. The van der Waals surface area contributed by atoms with Crippen LogP contribution in [0.4, 0.5) is 5.13 Å². The molecule has 3 N–H and O–H groups in total. The molecule has 6 nitrogen and oxygen atoms in total. The molecule has 16 heavy (non-hydrogen) atoms. The smallest absolute Gasteiger partial charge is 0.219 e. The molecule has 1 fully saturated rings. The van der Waals surface area contributed by atoms with Gasteiger partial charge < -0.3 is 4.74 Å². The molecule has 2 rings (SSSR count). The largest absolute Gasteiger partial charge is 0.373 e. The highest BCUT2D eigenvalue weighted by Crippen LogP contribution is 2.18. The van der Waals surface area contributed by atoms with Crippen molar-refractivity contribution in [3.8, 4) is 0 Å². The first-order valence-corrected chi connectivity index (χ1v) is 6.16. The first-order chi connectivity index (χ1) is 7.67. The zero-order chi connectivity index (χ0) is 11.5. The monoisotopic (exact) mass is 243 g/mol. The van der Waals surface area contributed by atoms with Gasteiger partial charge in [-0.3, -0.25) is 10.3 Å². The van der Waals surface area contributed by atoms with Crippen molar-refractivity contribution in [2.45, 2.75) is 32.6 Å². The van der Waals surface area contributed by atoms with Gasteiger partial charge in [0.05, 0.1) is 18.8 Å². The topological polar surface area (TPSA) is 76.3 Å². The molecule has 0 spiro atoms. The zero-order valence-corrected chi connectivity index (χ0v) is 10.3. The molecule has 1 aromatic heterocycles. The van der Waals surface area contributed by atoms with E-state index >= 15 is 0 Å². The molecule has 2 atom stereocenters. The second-order valence-corrected chi connectivity index (χ2v) is 5.16. The summed E-state index contributed by atoms with van der Waals surface area (Å²) < 4.78 is 5.67. The molecular weight excluding hydrogens is 226 g/mol. The number of hydrogen-bond acceptors (Lipinski definition) is 7. The second kappa shape index (κ2) is 5.05. The van der Waals surface area contributed by atoms with Gasteiger partial charge in [-0.15, -0.1) is 10.2 Å². The lowest BCUT2D eigenvalue weighted by Crippen LogP contribution is -2.44. The number of ether oxygens (including phenoxy) is 1. The second-order valence-electron chi connectivity index (χ2n) is 4.10. The zero-order valence-electron chi connectivity index (χ0n) is 9.51. The van der Waals surface area contributed by atoms with Crippen LogP contribution < -0.4 is 11.3 Å². The molecule has 90 valence electrons. The van der Waals surface area contributed by atoms with E-state index in [4.69, 9.17) is 10.6 Å². The highest BCUT2D eigenvalue weighted by atomic mass is 32.1. The maximum Gasteiger partial charge on any atom is 0.219 e. The van der Waals surface area contributed by atoms with E-state index in [1.807, 2.05) is 0 Å². The van der Waals surface area contributed by atoms with Crippen LogP contribution in [0.2, 0.25) is 0 Å². The summed E-state index contributed by atoms with van der Waals surface area (Å²) in [7, 11) is 0. The molecule has 0 bridgehead atoms. The lowest BCUT2D eigenvalue weighted by atomic mass is 10.2. The Balaban J connectivity index is 1.93. The van der Waals surface area contributed by atoms with Gasteiger partial charge in [-0.25, -0.2) is 5.84 Å². The number of morpholine rings is 1. The lowest BCUT2D eigenvalue weighted by Gasteiger charge is -2.34. The molecule has 0 aromatic carbocycles. The van der Waals surface area contributed by atoms with E-state index in [9.17, 15) is 0 Å². The summed E-state index contributed by atoms with van der Waals surface area (Å²) in [5, 5.41) is 9.63. The van der Waals surface area contributed by atoms with Crippen molar-refractivity contribution >= 4 is 16.5 Å². The van der Waals surface area contributed by atoms with Gasteiger partial charge in [0.15, 0.2) is 0 Å². The number of hydrazine groups is 1. The molecule has 2 heterocycles.